The monoisotopic (exact) mass is 295 g/mol. The Hall–Kier alpha value is -0.557. The van der Waals surface area contributed by atoms with E-state index in [0.717, 1.165) is 17.8 Å². The molecule has 3 heteroatoms. The van der Waals surface area contributed by atoms with Crippen LogP contribution in [0.5, 0.6) is 0 Å². The Bertz CT molecular complexity index is 218. The maximum atomic E-state index is 4.27. The molecule has 2 nitrogen and oxygen atoms in total. The zero-order chi connectivity index (χ0) is 10.1. The first kappa shape index (κ1) is 19.9. The Morgan fingerprint density at radius 2 is 2.07 bits per heavy atom. The summed E-state index contributed by atoms with van der Waals surface area (Å²) in [6, 6.07) is 0. The van der Waals surface area contributed by atoms with Gasteiger partial charge in [0.25, 0.3) is 0 Å². The van der Waals surface area contributed by atoms with Gasteiger partial charge >= 0.3 is 19.5 Å². The van der Waals surface area contributed by atoms with Crippen LogP contribution in [0.15, 0.2) is 35.8 Å². The SMILES string of the molecule is CC.[CH2-]CC1=CC=CC(=C[N-]C)[N-]1.[CH3-].[RuH]. The summed E-state index contributed by atoms with van der Waals surface area (Å²) < 4.78 is 0. The Morgan fingerprint density at radius 3 is 2.53 bits per heavy atom. The van der Waals surface area contributed by atoms with E-state index in [1.165, 1.54) is 0 Å². The summed E-state index contributed by atoms with van der Waals surface area (Å²) in [5.74, 6) is 0. The molecular formula is C12H21N2Ru-4. The van der Waals surface area contributed by atoms with Crippen molar-refractivity contribution in [1.29, 1.82) is 0 Å². The molecule has 0 unspecified atom stereocenters. The van der Waals surface area contributed by atoms with Crippen molar-refractivity contribution >= 4 is 0 Å². The minimum atomic E-state index is 0. The van der Waals surface area contributed by atoms with Gasteiger partial charge in [0.15, 0.2) is 0 Å². The van der Waals surface area contributed by atoms with Crippen molar-refractivity contribution in [3.8, 4) is 0 Å². The van der Waals surface area contributed by atoms with Crippen LogP contribution in [0.4, 0.5) is 0 Å². The van der Waals surface area contributed by atoms with Gasteiger partial charge in [-0.1, -0.05) is 32.1 Å². The molecule has 0 aromatic rings. The summed E-state index contributed by atoms with van der Waals surface area (Å²) >= 11 is 0. The molecule has 0 N–H and O–H groups in total. The first-order valence-electron chi connectivity index (χ1n) is 4.54. The fraction of sp³-hybridized carbons (Fsp3) is 0.333. The number of nitrogens with zero attached hydrogens (tertiary/aromatic N) is 2. The Labute approximate surface area is 108 Å². The Morgan fingerprint density at radius 1 is 1.47 bits per heavy atom. The Balaban J connectivity index is -0.000000339. The molecule has 0 spiro atoms. The predicted octanol–water partition coefficient (Wildman–Crippen LogP) is 4.09. The molecule has 0 radical (unpaired) electrons. The summed E-state index contributed by atoms with van der Waals surface area (Å²) in [5.41, 5.74) is 1.90. The van der Waals surface area contributed by atoms with Crippen molar-refractivity contribution in [2.24, 2.45) is 0 Å². The summed E-state index contributed by atoms with van der Waals surface area (Å²) in [5, 5.41) is 8.14. The standard InChI is InChI=1S/C9H11N2.C2H6.CH3.Ru.H/c1-3-8-5-4-6-9(11-8)7-10-2;1-2;;;/h4-7H,1,3H2,2H3;1-2H3;1H3;;/q-3;;-1;;. The fourth-order valence-corrected chi connectivity index (χ4v) is 0.842. The van der Waals surface area contributed by atoms with Crippen molar-refractivity contribution in [2.75, 3.05) is 7.05 Å². The van der Waals surface area contributed by atoms with E-state index in [9.17, 15) is 0 Å². The molecule has 0 aromatic carbocycles. The van der Waals surface area contributed by atoms with E-state index in [-0.39, 0.29) is 26.9 Å². The van der Waals surface area contributed by atoms with E-state index in [4.69, 9.17) is 0 Å². The topological polar surface area (TPSA) is 28.2 Å². The fourth-order valence-electron chi connectivity index (χ4n) is 0.842. The van der Waals surface area contributed by atoms with E-state index < -0.39 is 0 Å². The van der Waals surface area contributed by atoms with Crippen LogP contribution in [-0.4, -0.2) is 7.05 Å². The normalized spacial score (nSPS) is 14.7. The van der Waals surface area contributed by atoms with Gasteiger partial charge in [-0.15, -0.1) is 7.05 Å². The van der Waals surface area contributed by atoms with Gasteiger partial charge < -0.3 is 25.0 Å². The van der Waals surface area contributed by atoms with Gasteiger partial charge in [0.1, 0.15) is 0 Å². The number of hydrogen-bond donors (Lipinski definition) is 0. The summed E-state index contributed by atoms with van der Waals surface area (Å²) in [4.78, 5) is 0. The van der Waals surface area contributed by atoms with Gasteiger partial charge in [0.05, 0.1) is 0 Å². The molecule has 0 bridgehead atoms. The van der Waals surface area contributed by atoms with Gasteiger partial charge in [-0.05, 0) is 0 Å². The van der Waals surface area contributed by atoms with E-state index in [0.29, 0.717) is 0 Å². The van der Waals surface area contributed by atoms with Crippen LogP contribution in [-0.2, 0) is 19.5 Å². The van der Waals surface area contributed by atoms with Crippen molar-refractivity contribution in [1.82, 2.24) is 0 Å². The number of hydrogen-bond acceptors (Lipinski definition) is 0. The van der Waals surface area contributed by atoms with Crippen LogP contribution < -0.4 is 0 Å². The van der Waals surface area contributed by atoms with Gasteiger partial charge in [0, 0.05) is 0 Å². The minimum absolute atomic E-state index is 0. The molecule has 0 aromatic heterocycles. The molecule has 1 aliphatic heterocycles. The van der Waals surface area contributed by atoms with Crippen LogP contribution >= 0.6 is 0 Å². The third-order valence-electron chi connectivity index (χ3n) is 1.35. The Kier molecular flexibility index (Phi) is 17.9. The molecule has 0 saturated carbocycles. The average Bonchev–Trinajstić information content (AvgIpc) is 2.22. The maximum absolute atomic E-state index is 4.27. The first-order chi connectivity index (χ1) is 6.36. The second-order valence-electron chi connectivity index (χ2n) is 2.19. The zero-order valence-corrected chi connectivity index (χ0v) is 11.9. The van der Waals surface area contributed by atoms with Gasteiger partial charge in [-0.25, -0.2) is 0 Å². The summed E-state index contributed by atoms with van der Waals surface area (Å²) in [6.07, 6.45) is 8.31. The van der Waals surface area contributed by atoms with E-state index in [1.807, 2.05) is 32.1 Å². The van der Waals surface area contributed by atoms with Crippen LogP contribution in [0.25, 0.3) is 10.6 Å². The van der Waals surface area contributed by atoms with Crippen LogP contribution in [0, 0.1) is 14.4 Å². The van der Waals surface area contributed by atoms with Gasteiger partial charge in [0.2, 0.25) is 0 Å². The summed E-state index contributed by atoms with van der Waals surface area (Å²) in [6.45, 7) is 7.75. The molecule has 0 saturated heterocycles. The molecular weight excluding hydrogens is 273 g/mol. The van der Waals surface area contributed by atoms with Gasteiger partial charge in [-0.3, -0.25) is 0 Å². The third kappa shape index (κ3) is 8.44. The molecule has 15 heavy (non-hydrogen) atoms. The predicted molar refractivity (Wildman–Crippen MR) is 67.1 cm³/mol. The average molecular weight is 294 g/mol. The van der Waals surface area contributed by atoms with E-state index in [1.54, 1.807) is 13.2 Å². The van der Waals surface area contributed by atoms with Gasteiger partial charge in [-0.2, -0.15) is 24.0 Å². The van der Waals surface area contributed by atoms with Crippen LogP contribution in [0.2, 0.25) is 0 Å². The zero-order valence-electron chi connectivity index (χ0n) is 10.00. The van der Waals surface area contributed by atoms with E-state index >= 15 is 0 Å². The molecule has 1 heterocycles. The third-order valence-corrected chi connectivity index (χ3v) is 1.35. The van der Waals surface area contributed by atoms with Crippen LogP contribution in [0.1, 0.15) is 20.3 Å². The number of allylic oxidation sites excluding steroid dienone is 4. The van der Waals surface area contributed by atoms with E-state index in [2.05, 4.69) is 17.6 Å². The number of rotatable bonds is 2. The summed E-state index contributed by atoms with van der Waals surface area (Å²) in [7, 11) is 1.73. The second-order valence-corrected chi connectivity index (χ2v) is 2.19. The molecule has 0 amide bonds. The van der Waals surface area contributed by atoms with Crippen molar-refractivity contribution < 1.29 is 19.5 Å². The molecule has 0 fully saturated rings. The molecule has 0 atom stereocenters. The van der Waals surface area contributed by atoms with Crippen molar-refractivity contribution in [2.45, 2.75) is 20.3 Å². The van der Waals surface area contributed by atoms with Crippen LogP contribution in [0.3, 0.4) is 0 Å². The van der Waals surface area contributed by atoms with Crippen molar-refractivity contribution in [3.63, 3.8) is 0 Å². The second kappa shape index (κ2) is 13.4. The first-order valence-corrected chi connectivity index (χ1v) is 4.54. The molecule has 0 aliphatic carbocycles. The quantitative estimate of drug-likeness (QED) is 0.542. The molecule has 1 aliphatic rings. The van der Waals surface area contributed by atoms with Crippen molar-refractivity contribution in [3.05, 3.63) is 60.8 Å². The molecule has 91 valence electrons. The molecule has 1 rings (SSSR count).